The van der Waals surface area contributed by atoms with Crippen molar-refractivity contribution in [1.82, 2.24) is 0 Å². The summed E-state index contributed by atoms with van der Waals surface area (Å²) in [5.41, 5.74) is 2.23. The fourth-order valence-electron chi connectivity index (χ4n) is 2.99. The summed E-state index contributed by atoms with van der Waals surface area (Å²) >= 11 is 0. The van der Waals surface area contributed by atoms with E-state index in [2.05, 4.69) is 0 Å². The second-order valence-electron chi connectivity index (χ2n) is 6.25. The first-order valence-electron chi connectivity index (χ1n) is 8.40. The van der Waals surface area contributed by atoms with E-state index in [0.29, 0.717) is 12.8 Å². The predicted octanol–water partition coefficient (Wildman–Crippen LogP) is 4.75. The number of aliphatic carboxylic acids is 1. The number of hydrogen-bond donors (Lipinski definition) is 1. The van der Waals surface area contributed by atoms with Crippen LogP contribution in [0.15, 0.2) is 54.6 Å². The van der Waals surface area contributed by atoms with Crippen molar-refractivity contribution in [2.24, 2.45) is 5.41 Å². The maximum Gasteiger partial charge on any atom is 0.310 e. The summed E-state index contributed by atoms with van der Waals surface area (Å²) in [7, 11) is 0. The number of carboxylic acid groups (broad SMARTS) is 1. The summed E-state index contributed by atoms with van der Waals surface area (Å²) in [5.74, 6) is -0.895. The number of carbonyl (C=O) groups is 2. The molecule has 0 aromatic heterocycles. The van der Waals surface area contributed by atoms with E-state index in [1.165, 1.54) is 0 Å². The van der Waals surface area contributed by atoms with Gasteiger partial charge in [-0.1, -0.05) is 68.4 Å². The Bertz CT molecular complexity index is 683. The lowest BCUT2D eigenvalue weighted by molar-refractivity contribution is -0.152. The summed E-state index contributed by atoms with van der Waals surface area (Å²) < 4.78 is 0. The quantitative estimate of drug-likeness (QED) is 0.762. The van der Waals surface area contributed by atoms with Crippen LogP contribution in [0.1, 0.15) is 38.7 Å². The van der Waals surface area contributed by atoms with Crippen molar-refractivity contribution in [3.8, 4) is 11.1 Å². The third kappa shape index (κ3) is 4.10. The highest BCUT2D eigenvalue weighted by Crippen LogP contribution is 2.32. The maximum atomic E-state index is 12.3. The Morgan fingerprint density at radius 3 is 1.92 bits per heavy atom. The van der Waals surface area contributed by atoms with Crippen molar-refractivity contribution >= 4 is 11.8 Å². The lowest BCUT2D eigenvalue weighted by Crippen LogP contribution is -2.32. The van der Waals surface area contributed by atoms with Gasteiger partial charge < -0.3 is 5.11 Å². The highest BCUT2D eigenvalue weighted by Gasteiger charge is 2.36. The normalized spacial score (nSPS) is 11.2. The summed E-state index contributed by atoms with van der Waals surface area (Å²) in [6, 6.07) is 18.0. The molecule has 0 atom stereocenters. The van der Waals surface area contributed by atoms with Crippen LogP contribution in [-0.4, -0.2) is 16.9 Å². The minimum absolute atomic E-state index is 0.0199. The number of rotatable bonds is 8. The molecule has 0 saturated heterocycles. The number of ketones is 1. The monoisotopic (exact) mass is 324 g/mol. The Hall–Kier alpha value is -2.42. The van der Waals surface area contributed by atoms with Crippen LogP contribution in [0.25, 0.3) is 11.1 Å². The first-order chi connectivity index (χ1) is 11.5. The second-order valence-corrected chi connectivity index (χ2v) is 6.25. The third-order valence-corrected chi connectivity index (χ3v) is 4.81. The molecule has 0 fully saturated rings. The summed E-state index contributed by atoms with van der Waals surface area (Å²) in [5, 5.41) is 9.45. The maximum absolute atomic E-state index is 12.3. The van der Waals surface area contributed by atoms with Crippen LogP contribution in [0.5, 0.6) is 0 Å². The van der Waals surface area contributed by atoms with Gasteiger partial charge in [-0.15, -0.1) is 0 Å². The Morgan fingerprint density at radius 2 is 1.42 bits per heavy atom. The molecule has 2 aromatic carbocycles. The summed E-state index contributed by atoms with van der Waals surface area (Å²) in [4.78, 5) is 23.9. The van der Waals surface area contributed by atoms with Crippen molar-refractivity contribution in [1.29, 1.82) is 0 Å². The van der Waals surface area contributed by atoms with Gasteiger partial charge in [0.05, 0.1) is 5.41 Å². The molecule has 3 nitrogen and oxygen atoms in total. The molecule has 0 unspecified atom stereocenters. The van der Waals surface area contributed by atoms with Gasteiger partial charge in [0.1, 0.15) is 5.78 Å². The van der Waals surface area contributed by atoms with Crippen molar-refractivity contribution in [3.05, 3.63) is 60.2 Å². The van der Waals surface area contributed by atoms with Crippen molar-refractivity contribution in [2.45, 2.75) is 39.5 Å². The molecule has 0 radical (unpaired) electrons. The Morgan fingerprint density at radius 1 is 0.875 bits per heavy atom. The molecule has 0 aliphatic carbocycles. The number of Topliss-reactive ketones (excluding diaryl/α,β-unsaturated/α-hetero) is 1. The molecule has 0 amide bonds. The smallest absolute Gasteiger partial charge is 0.310 e. The zero-order valence-electron chi connectivity index (χ0n) is 14.3. The molecule has 0 bridgehead atoms. The zero-order valence-corrected chi connectivity index (χ0v) is 14.3. The molecule has 0 aliphatic rings. The number of carbonyl (C=O) groups excluding carboxylic acids is 1. The molecule has 0 aliphatic heterocycles. The minimum Gasteiger partial charge on any atom is -0.481 e. The second kappa shape index (κ2) is 7.91. The van der Waals surface area contributed by atoms with E-state index in [9.17, 15) is 14.7 Å². The summed E-state index contributed by atoms with van der Waals surface area (Å²) in [6.45, 7) is 3.67. The number of hydrogen-bond acceptors (Lipinski definition) is 2. The van der Waals surface area contributed by atoms with E-state index < -0.39 is 11.4 Å². The van der Waals surface area contributed by atoms with Gasteiger partial charge in [-0.3, -0.25) is 9.59 Å². The van der Waals surface area contributed by atoms with Gasteiger partial charge in [0.2, 0.25) is 0 Å². The zero-order chi connectivity index (χ0) is 17.6. The topological polar surface area (TPSA) is 54.4 Å². The van der Waals surface area contributed by atoms with Crippen LogP contribution in [-0.2, 0) is 16.0 Å². The SMILES string of the molecule is CCC(CC)(CC(=O)Cc1ccc(-c2ccccc2)cc1)C(=O)O. The number of benzene rings is 2. The van der Waals surface area contributed by atoms with Crippen LogP contribution >= 0.6 is 0 Å². The molecule has 2 aromatic rings. The van der Waals surface area contributed by atoms with Gasteiger partial charge in [0, 0.05) is 12.8 Å². The highest BCUT2D eigenvalue weighted by molar-refractivity contribution is 5.87. The third-order valence-electron chi connectivity index (χ3n) is 4.81. The predicted molar refractivity (Wildman–Crippen MR) is 95.9 cm³/mol. The van der Waals surface area contributed by atoms with Gasteiger partial charge >= 0.3 is 5.97 Å². The van der Waals surface area contributed by atoms with E-state index >= 15 is 0 Å². The molecule has 2 rings (SSSR count). The van der Waals surface area contributed by atoms with Gasteiger partial charge in [0.25, 0.3) is 0 Å². The molecular weight excluding hydrogens is 300 g/mol. The van der Waals surface area contributed by atoms with Crippen LogP contribution in [0, 0.1) is 5.41 Å². The average molecular weight is 324 g/mol. The fourth-order valence-corrected chi connectivity index (χ4v) is 2.99. The first-order valence-corrected chi connectivity index (χ1v) is 8.40. The molecule has 1 N–H and O–H groups in total. The molecule has 24 heavy (non-hydrogen) atoms. The molecule has 0 saturated carbocycles. The standard InChI is InChI=1S/C21H24O3/c1-3-21(4-2,20(23)24)15-19(22)14-16-10-12-18(13-11-16)17-8-6-5-7-9-17/h5-13H,3-4,14-15H2,1-2H3,(H,23,24). The highest BCUT2D eigenvalue weighted by atomic mass is 16.4. The number of carboxylic acids is 1. The molecule has 0 heterocycles. The van der Waals surface area contributed by atoms with Crippen molar-refractivity contribution < 1.29 is 14.7 Å². The van der Waals surface area contributed by atoms with Gasteiger partial charge in [0.15, 0.2) is 0 Å². The van der Waals surface area contributed by atoms with Crippen molar-refractivity contribution in [3.63, 3.8) is 0 Å². The molecule has 126 valence electrons. The van der Waals surface area contributed by atoms with Gasteiger partial charge in [-0.05, 0) is 29.5 Å². The van der Waals surface area contributed by atoms with Crippen LogP contribution in [0.3, 0.4) is 0 Å². The largest absolute Gasteiger partial charge is 0.481 e. The lowest BCUT2D eigenvalue weighted by atomic mass is 9.77. The van der Waals surface area contributed by atoms with Crippen LogP contribution in [0.2, 0.25) is 0 Å². The van der Waals surface area contributed by atoms with Crippen molar-refractivity contribution in [2.75, 3.05) is 0 Å². The minimum atomic E-state index is -0.930. The Labute approximate surface area is 143 Å². The van der Waals surface area contributed by atoms with Gasteiger partial charge in [-0.2, -0.15) is 0 Å². The van der Waals surface area contributed by atoms with E-state index in [1.807, 2.05) is 68.4 Å². The molecular formula is C21H24O3. The summed E-state index contributed by atoms with van der Waals surface area (Å²) in [6.07, 6.45) is 1.31. The van der Waals surface area contributed by atoms with Gasteiger partial charge in [-0.25, -0.2) is 0 Å². The molecule has 0 spiro atoms. The Balaban J connectivity index is 2.06. The van der Waals surface area contributed by atoms with E-state index in [-0.39, 0.29) is 18.6 Å². The lowest BCUT2D eigenvalue weighted by Gasteiger charge is -2.25. The Kier molecular flexibility index (Phi) is 5.91. The van der Waals surface area contributed by atoms with E-state index in [0.717, 1.165) is 16.7 Å². The van der Waals surface area contributed by atoms with Crippen LogP contribution < -0.4 is 0 Å². The molecule has 3 heteroatoms. The fraction of sp³-hybridized carbons (Fsp3) is 0.333. The first kappa shape index (κ1) is 17.9. The van der Waals surface area contributed by atoms with E-state index in [4.69, 9.17) is 0 Å². The van der Waals surface area contributed by atoms with E-state index in [1.54, 1.807) is 0 Å². The average Bonchev–Trinajstić information content (AvgIpc) is 2.61. The van der Waals surface area contributed by atoms with Crippen LogP contribution in [0.4, 0.5) is 0 Å².